The Morgan fingerprint density at radius 1 is 1.16 bits per heavy atom. The number of likely N-dealkylation sites (N-methyl/N-ethyl adjacent to an activating group) is 1. The van der Waals surface area contributed by atoms with Gasteiger partial charge in [-0.2, -0.15) is 9.40 Å². The van der Waals surface area contributed by atoms with Crippen molar-refractivity contribution < 1.29 is 36.3 Å². The van der Waals surface area contributed by atoms with Crippen LogP contribution < -0.4 is 15.4 Å². The molecule has 0 radical (unpaired) electrons. The van der Waals surface area contributed by atoms with E-state index in [1.165, 1.54) is 6.07 Å². The lowest BCUT2D eigenvalue weighted by Gasteiger charge is -2.36. The van der Waals surface area contributed by atoms with Gasteiger partial charge in [-0.15, -0.1) is 0 Å². The number of hydrogen-bond acceptors (Lipinski definition) is 8. The summed E-state index contributed by atoms with van der Waals surface area (Å²) in [5, 5.41) is 12.7. The molecule has 2 amide bonds. The van der Waals surface area contributed by atoms with Gasteiger partial charge in [-0.3, -0.25) is 14.7 Å². The number of carbonyl (C=O) groups is 2. The zero-order valence-corrected chi connectivity index (χ0v) is 26.3. The molecule has 5 rings (SSSR count). The molecular formula is C30H36F2N6O6S. The maximum atomic E-state index is 13.9. The molecule has 2 aliphatic rings. The van der Waals surface area contributed by atoms with Crippen LogP contribution in [0.25, 0.3) is 0 Å². The molecular weight excluding hydrogens is 610 g/mol. The number of fused-ring (bicyclic) bond motifs is 1. The van der Waals surface area contributed by atoms with Gasteiger partial charge in [-0.25, -0.2) is 17.2 Å². The van der Waals surface area contributed by atoms with E-state index in [-0.39, 0.29) is 36.1 Å². The van der Waals surface area contributed by atoms with E-state index in [1.54, 1.807) is 26.0 Å². The molecule has 1 fully saturated rings. The van der Waals surface area contributed by atoms with E-state index >= 15 is 0 Å². The summed E-state index contributed by atoms with van der Waals surface area (Å²) in [5.74, 6) is -2.51. The van der Waals surface area contributed by atoms with Crippen molar-refractivity contribution in [2.24, 2.45) is 0 Å². The van der Waals surface area contributed by atoms with Crippen LogP contribution in [-0.2, 0) is 31.5 Å². The summed E-state index contributed by atoms with van der Waals surface area (Å²) in [7, 11) is -0.497. The zero-order chi connectivity index (χ0) is 32.5. The summed E-state index contributed by atoms with van der Waals surface area (Å²) < 4.78 is 67.2. The van der Waals surface area contributed by atoms with Gasteiger partial charge in [0, 0.05) is 55.0 Å². The minimum Gasteiger partial charge on any atom is -0.492 e. The Morgan fingerprint density at radius 2 is 1.89 bits per heavy atom. The average molecular weight is 647 g/mol. The van der Waals surface area contributed by atoms with Crippen molar-refractivity contribution in [3.63, 3.8) is 0 Å². The standard InChI is InChI=1S/C30H36F2N6O6S/c1-30(2)17-38(45(41,42)21-13-18(31)12-19(32)14-21)16-23-26(30)35-36-27(23)34-28(39)22-8-7-20(43-11-9-37(3)4)15-24(22)33-29(40)25-6-5-10-44-25/h7-8,12-15,25H,5-6,9-11,16-17H2,1-4H3,(H,33,40)(H2,34,35,36,39)/t25-/m0/s1. The fourth-order valence-corrected chi connectivity index (χ4v) is 6.98. The number of amides is 2. The van der Waals surface area contributed by atoms with Gasteiger partial charge in [0.2, 0.25) is 10.0 Å². The van der Waals surface area contributed by atoms with Crippen molar-refractivity contribution in [2.45, 2.75) is 49.6 Å². The minimum absolute atomic E-state index is 0.00918. The molecule has 12 nitrogen and oxygen atoms in total. The highest BCUT2D eigenvalue weighted by molar-refractivity contribution is 7.89. The zero-order valence-electron chi connectivity index (χ0n) is 25.4. The monoisotopic (exact) mass is 646 g/mol. The minimum atomic E-state index is -4.32. The molecule has 1 atom stereocenters. The number of aromatic nitrogens is 2. The third kappa shape index (κ3) is 7.16. The molecule has 3 N–H and O–H groups in total. The number of halogens is 2. The van der Waals surface area contributed by atoms with Crippen molar-refractivity contribution >= 4 is 33.3 Å². The molecule has 0 bridgehead atoms. The second-order valence-electron chi connectivity index (χ2n) is 12.0. The molecule has 0 aliphatic carbocycles. The molecule has 0 saturated carbocycles. The summed E-state index contributed by atoms with van der Waals surface area (Å²) in [5.41, 5.74) is 0.527. The number of sulfonamides is 1. The van der Waals surface area contributed by atoms with Gasteiger partial charge >= 0.3 is 0 Å². The predicted molar refractivity (Wildman–Crippen MR) is 162 cm³/mol. The van der Waals surface area contributed by atoms with E-state index in [0.717, 1.165) is 22.9 Å². The van der Waals surface area contributed by atoms with Crippen LogP contribution in [0.5, 0.6) is 5.75 Å². The lowest BCUT2D eigenvalue weighted by molar-refractivity contribution is -0.124. The van der Waals surface area contributed by atoms with Crippen molar-refractivity contribution in [1.82, 2.24) is 19.4 Å². The number of rotatable bonds is 10. The average Bonchev–Trinajstić information content (AvgIpc) is 3.63. The molecule has 2 aliphatic heterocycles. The van der Waals surface area contributed by atoms with Crippen LogP contribution in [0.4, 0.5) is 20.3 Å². The molecule has 3 heterocycles. The fourth-order valence-electron chi connectivity index (χ4n) is 5.36. The normalized spacial score (nSPS) is 18.1. The van der Waals surface area contributed by atoms with Crippen LogP contribution in [0.1, 0.15) is 48.3 Å². The van der Waals surface area contributed by atoms with Crippen molar-refractivity contribution in [3.8, 4) is 5.75 Å². The first-order valence-electron chi connectivity index (χ1n) is 14.4. The summed E-state index contributed by atoms with van der Waals surface area (Å²) in [6.07, 6.45) is 0.670. The Bertz CT molecular complexity index is 1680. The highest BCUT2D eigenvalue weighted by Crippen LogP contribution is 2.38. The maximum absolute atomic E-state index is 13.9. The number of benzene rings is 2. The molecule has 45 heavy (non-hydrogen) atoms. The fraction of sp³-hybridized carbons (Fsp3) is 0.433. The molecule has 0 spiro atoms. The summed E-state index contributed by atoms with van der Waals surface area (Å²) in [6, 6.07) is 6.82. The van der Waals surface area contributed by atoms with Gasteiger partial charge in [0.05, 0.1) is 16.1 Å². The molecule has 3 aromatic rings. The first kappa shape index (κ1) is 32.5. The van der Waals surface area contributed by atoms with Gasteiger partial charge in [0.25, 0.3) is 11.8 Å². The number of anilines is 2. The van der Waals surface area contributed by atoms with Crippen molar-refractivity contribution in [3.05, 3.63) is 64.9 Å². The summed E-state index contributed by atoms with van der Waals surface area (Å²) in [4.78, 5) is 28.0. The van der Waals surface area contributed by atoms with Gasteiger partial charge < -0.3 is 25.0 Å². The third-order valence-electron chi connectivity index (χ3n) is 7.68. The number of carbonyl (C=O) groups excluding carboxylic acids is 2. The van der Waals surface area contributed by atoms with E-state index in [2.05, 4.69) is 20.8 Å². The number of nitrogens with one attached hydrogen (secondary N) is 3. The molecule has 15 heteroatoms. The number of aromatic amines is 1. The Balaban J connectivity index is 1.42. The van der Waals surface area contributed by atoms with Gasteiger partial charge in [-0.05, 0) is 51.2 Å². The smallest absolute Gasteiger partial charge is 0.258 e. The number of nitrogens with zero attached hydrogens (tertiary/aromatic N) is 3. The molecule has 1 saturated heterocycles. The summed E-state index contributed by atoms with van der Waals surface area (Å²) in [6.45, 7) is 4.86. The lowest BCUT2D eigenvalue weighted by Crippen LogP contribution is -2.45. The number of hydrogen-bond donors (Lipinski definition) is 3. The van der Waals surface area contributed by atoms with E-state index in [4.69, 9.17) is 9.47 Å². The first-order chi connectivity index (χ1) is 21.2. The predicted octanol–water partition coefficient (Wildman–Crippen LogP) is 3.48. The second-order valence-corrected chi connectivity index (χ2v) is 13.9. The highest BCUT2D eigenvalue weighted by atomic mass is 32.2. The highest BCUT2D eigenvalue weighted by Gasteiger charge is 2.41. The van der Waals surface area contributed by atoms with E-state index < -0.39 is 44.0 Å². The third-order valence-corrected chi connectivity index (χ3v) is 9.45. The van der Waals surface area contributed by atoms with Crippen LogP contribution in [0.15, 0.2) is 41.3 Å². The number of H-pyrrole nitrogens is 1. The van der Waals surface area contributed by atoms with Crippen LogP contribution in [0, 0.1) is 11.6 Å². The van der Waals surface area contributed by atoms with Gasteiger partial charge in [0.15, 0.2) is 5.82 Å². The molecule has 242 valence electrons. The Hall–Kier alpha value is -3.92. The van der Waals surface area contributed by atoms with Crippen molar-refractivity contribution in [1.29, 1.82) is 0 Å². The van der Waals surface area contributed by atoms with Crippen molar-refractivity contribution in [2.75, 3.05) is 51.0 Å². The lowest BCUT2D eigenvalue weighted by atomic mass is 9.84. The van der Waals surface area contributed by atoms with Crippen LogP contribution in [-0.4, -0.2) is 86.1 Å². The molecule has 0 unspecified atom stereocenters. The Morgan fingerprint density at radius 3 is 2.56 bits per heavy atom. The van der Waals surface area contributed by atoms with Crippen LogP contribution in [0.2, 0.25) is 0 Å². The number of ether oxygens (including phenoxy) is 2. The van der Waals surface area contributed by atoms with Crippen LogP contribution in [0.3, 0.4) is 0 Å². The maximum Gasteiger partial charge on any atom is 0.258 e. The molecule has 1 aromatic heterocycles. The quantitative estimate of drug-likeness (QED) is 0.304. The SMILES string of the molecule is CN(C)CCOc1ccc(C(=O)Nc2n[nH]c3c2CN(S(=O)(=O)c2cc(F)cc(F)c2)CC3(C)C)c(NC(=O)[C@@H]2CCCO2)c1. The van der Waals surface area contributed by atoms with Crippen LogP contribution >= 0.6 is 0 Å². The van der Waals surface area contributed by atoms with Gasteiger partial charge in [0.1, 0.15) is 30.1 Å². The van der Waals surface area contributed by atoms with E-state index in [1.807, 2.05) is 19.0 Å². The summed E-state index contributed by atoms with van der Waals surface area (Å²) >= 11 is 0. The topological polar surface area (TPSA) is 146 Å². The van der Waals surface area contributed by atoms with Gasteiger partial charge in [-0.1, -0.05) is 13.8 Å². The largest absolute Gasteiger partial charge is 0.492 e. The van der Waals surface area contributed by atoms with E-state index in [9.17, 15) is 26.8 Å². The van der Waals surface area contributed by atoms with E-state index in [0.29, 0.717) is 49.3 Å². The Labute approximate surface area is 260 Å². The Kier molecular flexibility index (Phi) is 9.26. The molecule has 2 aromatic carbocycles. The second kappa shape index (κ2) is 12.8. The first-order valence-corrected chi connectivity index (χ1v) is 15.9.